The van der Waals surface area contributed by atoms with Crippen LogP contribution in [0.2, 0.25) is 5.02 Å². The van der Waals surface area contributed by atoms with Crippen LogP contribution in [0.15, 0.2) is 30.5 Å². The third-order valence-corrected chi connectivity index (χ3v) is 6.85. The van der Waals surface area contributed by atoms with Gasteiger partial charge in [0.15, 0.2) is 0 Å². The summed E-state index contributed by atoms with van der Waals surface area (Å²) in [7, 11) is 1.56. The molecule has 0 bridgehead atoms. The van der Waals surface area contributed by atoms with E-state index in [1.165, 1.54) is 6.20 Å². The van der Waals surface area contributed by atoms with E-state index in [4.69, 9.17) is 16.3 Å². The number of carbonyl (C=O) groups is 2. The standard InChI is InChI=1S/C25H29ClN4O4/c1-15(19-10-17(12-27)4-5-21(19)34-3)30-22-20(26)11-18(14-28-22)23(31)29-13-16-6-8-25(2,9-7-16)24(32)33/h4-5,10-11,14-16H,6-9,13H2,1-3H3,(H,28,30)(H,29,31)(H,32,33). The number of amides is 1. The minimum absolute atomic E-state index is 0.251. The normalized spacial score (nSPS) is 20.6. The smallest absolute Gasteiger partial charge is 0.309 e. The molecule has 1 atom stereocenters. The number of pyridine rings is 1. The molecule has 9 heteroatoms. The van der Waals surface area contributed by atoms with Crippen molar-refractivity contribution in [2.24, 2.45) is 11.3 Å². The first-order valence-corrected chi connectivity index (χ1v) is 11.6. The van der Waals surface area contributed by atoms with Crippen LogP contribution in [0.25, 0.3) is 0 Å². The van der Waals surface area contributed by atoms with Crippen LogP contribution in [0.4, 0.5) is 5.82 Å². The molecule has 180 valence electrons. The molecule has 1 aliphatic rings. The quantitative estimate of drug-likeness (QED) is 0.491. The lowest BCUT2D eigenvalue weighted by atomic mass is 9.72. The fourth-order valence-electron chi connectivity index (χ4n) is 4.17. The van der Waals surface area contributed by atoms with Gasteiger partial charge in [-0.1, -0.05) is 11.6 Å². The van der Waals surface area contributed by atoms with E-state index in [1.54, 1.807) is 38.3 Å². The van der Waals surface area contributed by atoms with Gasteiger partial charge in [0.05, 0.1) is 40.8 Å². The second kappa shape index (κ2) is 10.7. The van der Waals surface area contributed by atoms with Crippen molar-refractivity contribution < 1.29 is 19.4 Å². The molecule has 8 nitrogen and oxygen atoms in total. The van der Waals surface area contributed by atoms with Gasteiger partial charge < -0.3 is 20.5 Å². The summed E-state index contributed by atoms with van der Waals surface area (Å²) in [5.41, 5.74) is 0.977. The number of carboxylic acids is 1. The maximum Gasteiger partial charge on any atom is 0.309 e. The van der Waals surface area contributed by atoms with E-state index in [0.29, 0.717) is 47.1 Å². The molecule has 1 saturated carbocycles. The predicted octanol–water partition coefficient (Wildman–Crippen LogP) is 4.80. The number of aromatic nitrogens is 1. The van der Waals surface area contributed by atoms with E-state index in [2.05, 4.69) is 21.7 Å². The number of benzene rings is 1. The predicted molar refractivity (Wildman–Crippen MR) is 129 cm³/mol. The summed E-state index contributed by atoms with van der Waals surface area (Å²) in [6.45, 7) is 4.17. The third-order valence-electron chi connectivity index (χ3n) is 6.56. The Balaban J connectivity index is 1.60. The van der Waals surface area contributed by atoms with Gasteiger partial charge in [0.25, 0.3) is 5.91 Å². The molecule has 2 aromatic rings. The Bertz CT molecular complexity index is 1110. The molecule has 0 radical (unpaired) electrons. The van der Waals surface area contributed by atoms with Crippen molar-refractivity contribution in [3.05, 3.63) is 52.2 Å². The highest BCUT2D eigenvalue weighted by Crippen LogP contribution is 2.38. The van der Waals surface area contributed by atoms with Crippen LogP contribution in [0.1, 0.15) is 67.1 Å². The zero-order valence-corrected chi connectivity index (χ0v) is 20.3. The van der Waals surface area contributed by atoms with Gasteiger partial charge in [-0.15, -0.1) is 0 Å². The van der Waals surface area contributed by atoms with E-state index in [-0.39, 0.29) is 17.9 Å². The molecule has 0 aliphatic heterocycles. The number of methoxy groups -OCH3 is 1. The second-order valence-electron chi connectivity index (χ2n) is 9.01. The fraction of sp³-hybridized carbons (Fsp3) is 0.440. The van der Waals surface area contributed by atoms with Gasteiger partial charge in [0.1, 0.15) is 11.6 Å². The SMILES string of the molecule is COc1ccc(C#N)cc1C(C)Nc1ncc(C(=O)NCC2CCC(C)(C(=O)O)CC2)cc1Cl. The fourth-order valence-corrected chi connectivity index (χ4v) is 4.39. The molecule has 0 saturated heterocycles. The zero-order chi connectivity index (χ0) is 24.9. The highest BCUT2D eigenvalue weighted by molar-refractivity contribution is 6.33. The van der Waals surface area contributed by atoms with Gasteiger partial charge in [-0.05, 0) is 69.7 Å². The number of anilines is 1. The van der Waals surface area contributed by atoms with E-state index < -0.39 is 11.4 Å². The number of ether oxygens (including phenoxy) is 1. The summed E-state index contributed by atoms with van der Waals surface area (Å²) in [4.78, 5) is 28.3. The van der Waals surface area contributed by atoms with Gasteiger partial charge in [-0.3, -0.25) is 9.59 Å². The average Bonchev–Trinajstić information content (AvgIpc) is 2.84. The van der Waals surface area contributed by atoms with E-state index in [0.717, 1.165) is 18.4 Å². The molecule has 1 heterocycles. The minimum atomic E-state index is -0.755. The largest absolute Gasteiger partial charge is 0.496 e. The number of nitrogens with one attached hydrogen (secondary N) is 2. The number of halogens is 1. The molecule has 1 aromatic carbocycles. The molecule has 1 fully saturated rings. The molecular formula is C25H29ClN4O4. The maximum atomic E-state index is 12.6. The van der Waals surface area contributed by atoms with Crippen LogP contribution in [0.3, 0.4) is 0 Å². The molecule has 3 rings (SSSR count). The maximum absolute atomic E-state index is 12.6. The minimum Gasteiger partial charge on any atom is -0.496 e. The van der Waals surface area contributed by atoms with Gasteiger partial charge >= 0.3 is 5.97 Å². The lowest BCUT2D eigenvalue weighted by molar-refractivity contribution is -0.150. The van der Waals surface area contributed by atoms with Crippen molar-refractivity contribution in [2.45, 2.75) is 45.6 Å². The average molecular weight is 485 g/mol. The van der Waals surface area contributed by atoms with Gasteiger partial charge in [-0.2, -0.15) is 5.26 Å². The molecule has 1 unspecified atom stereocenters. The van der Waals surface area contributed by atoms with E-state index in [1.807, 2.05) is 6.92 Å². The Morgan fingerprint density at radius 3 is 2.65 bits per heavy atom. The summed E-state index contributed by atoms with van der Waals surface area (Å²) in [5, 5.41) is 25.0. The van der Waals surface area contributed by atoms with Crippen LogP contribution in [0, 0.1) is 22.7 Å². The Kier molecular flexibility index (Phi) is 8.00. The molecule has 3 N–H and O–H groups in total. The number of carbonyl (C=O) groups excluding carboxylic acids is 1. The second-order valence-corrected chi connectivity index (χ2v) is 9.42. The van der Waals surface area contributed by atoms with Crippen LogP contribution < -0.4 is 15.4 Å². The molecule has 34 heavy (non-hydrogen) atoms. The van der Waals surface area contributed by atoms with Crippen molar-refractivity contribution in [3.63, 3.8) is 0 Å². The van der Waals surface area contributed by atoms with Crippen LogP contribution in [-0.2, 0) is 4.79 Å². The monoisotopic (exact) mass is 484 g/mol. The summed E-state index contributed by atoms with van der Waals surface area (Å²) < 4.78 is 5.40. The van der Waals surface area contributed by atoms with E-state index in [9.17, 15) is 20.0 Å². The summed E-state index contributed by atoms with van der Waals surface area (Å²) >= 11 is 6.40. The Morgan fingerprint density at radius 2 is 2.06 bits per heavy atom. The highest BCUT2D eigenvalue weighted by Gasteiger charge is 2.37. The number of rotatable bonds is 8. The molecule has 1 amide bonds. The zero-order valence-electron chi connectivity index (χ0n) is 19.5. The van der Waals surface area contributed by atoms with Crippen LogP contribution >= 0.6 is 11.6 Å². The number of carboxylic acid groups (broad SMARTS) is 1. The highest BCUT2D eigenvalue weighted by atomic mass is 35.5. The topological polar surface area (TPSA) is 124 Å². The van der Waals surface area contributed by atoms with Crippen LogP contribution in [-0.4, -0.2) is 35.6 Å². The number of hydrogen-bond donors (Lipinski definition) is 3. The lowest BCUT2D eigenvalue weighted by Gasteiger charge is -2.33. The first-order valence-electron chi connectivity index (χ1n) is 11.2. The number of hydrogen-bond acceptors (Lipinski definition) is 6. The molecule has 1 aliphatic carbocycles. The number of nitriles is 1. The molecular weight excluding hydrogens is 456 g/mol. The van der Waals surface area contributed by atoms with Crippen molar-refractivity contribution in [1.82, 2.24) is 10.3 Å². The van der Waals surface area contributed by atoms with Crippen LogP contribution in [0.5, 0.6) is 5.75 Å². The summed E-state index contributed by atoms with van der Waals surface area (Å²) in [5.74, 6) is 0.271. The number of nitrogens with zero attached hydrogens (tertiary/aromatic N) is 2. The molecule has 0 spiro atoms. The Labute approximate surface area is 204 Å². The van der Waals surface area contributed by atoms with Gasteiger partial charge in [-0.25, -0.2) is 4.98 Å². The first kappa shape index (κ1) is 25.3. The number of aliphatic carboxylic acids is 1. The Hall–Kier alpha value is -3.31. The third kappa shape index (κ3) is 5.78. The summed E-state index contributed by atoms with van der Waals surface area (Å²) in [6.07, 6.45) is 4.20. The Morgan fingerprint density at radius 1 is 1.35 bits per heavy atom. The van der Waals surface area contributed by atoms with Crippen molar-refractivity contribution in [1.29, 1.82) is 5.26 Å². The van der Waals surface area contributed by atoms with Crippen molar-refractivity contribution >= 4 is 29.3 Å². The first-order chi connectivity index (χ1) is 16.2. The van der Waals surface area contributed by atoms with Crippen molar-refractivity contribution in [3.8, 4) is 11.8 Å². The van der Waals surface area contributed by atoms with Crippen molar-refractivity contribution in [2.75, 3.05) is 19.0 Å². The summed E-state index contributed by atoms with van der Waals surface area (Å²) in [6, 6.07) is 8.60. The van der Waals surface area contributed by atoms with E-state index >= 15 is 0 Å². The lowest BCUT2D eigenvalue weighted by Crippen LogP contribution is -2.36. The molecule has 1 aromatic heterocycles. The van der Waals surface area contributed by atoms with Gasteiger partial charge in [0.2, 0.25) is 0 Å². The van der Waals surface area contributed by atoms with Gasteiger partial charge in [0, 0.05) is 18.3 Å².